The first kappa shape index (κ1) is 22.1. The van der Waals surface area contributed by atoms with Gasteiger partial charge in [-0.05, 0) is 41.3 Å². The van der Waals surface area contributed by atoms with Crippen molar-refractivity contribution in [3.8, 4) is 5.75 Å². The number of anilines is 3. The number of allylic oxidation sites excluding steroid dienone is 2. The topological polar surface area (TPSA) is 62.3 Å². The van der Waals surface area contributed by atoms with Gasteiger partial charge < -0.3 is 20.3 Å². The van der Waals surface area contributed by atoms with Gasteiger partial charge in [-0.1, -0.05) is 37.9 Å². The van der Waals surface area contributed by atoms with Crippen molar-refractivity contribution in [2.24, 2.45) is 0 Å². The maximum Gasteiger partial charge on any atom is 0.226 e. The van der Waals surface area contributed by atoms with E-state index in [-0.39, 0.29) is 0 Å². The van der Waals surface area contributed by atoms with Crippen molar-refractivity contribution < 1.29 is 9.13 Å². The highest BCUT2D eigenvalue weighted by atomic mass is 19.1. The van der Waals surface area contributed by atoms with Crippen molar-refractivity contribution in [2.45, 2.75) is 13.0 Å². The van der Waals surface area contributed by atoms with Crippen LogP contribution >= 0.6 is 0 Å². The van der Waals surface area contributed by atoms with Crippen molar-refractivity contribution in [2.75, 3.05) is 42.8 Å². The standard InChI is InChI=1S/C24H28FN5O/c1-6-18(13-17(3)25)14-27-24-28-22(26-4)21-16(2)11-12-30(23(21)29-24)15-19-7-9-20(31-5)10-8-19/h6-10,13H,1-3,11-12,14-15H2,4-5H3,(H2,26,27,28,29)/b18-13+. The first-order valence-corrected chi connectivity index (χ1v) is 10.0. The Morgan fingerprint density at radius 3 is 2.65 bits per heavy atom. The highest BCUT2D eigenvalue weighted by Gasteiger charge is 2.26. The van der Waals surface area contributed by atoms with Gasteiger partial charge in [-0.3, -0.25) is 0 Å². The fourth-order valence-corrected chi connectivity index (χ4v) is 3.43. The molecule has 0 unspecified atom stereocenters. The number of ether oxygens (including phenoxy) is 1. The Morgan fingerprint density at radius 2 is 2.03 bits per heavy atom. The van der Waals surface area contributed by atoms with E-state index in [0.29, 0.717) is 30.4 Å². The first-order chi connectivity index (χ1) is 14.9. The van der Waals surface area contributed by atoms with Crippen LogP contribution in [0.5, 0.6) is 5.75 Å². The minimum atomic E-state index is -0.527. The molecule has 0 fully saturated rings. The number of aromatic nitrogens is 2. The summed E-state index contributed by atoms with van der Waals surface area (Å²) in [5, 5.41) is 6.31. The van der Waals surface area contributed by atoms with Crippen molar-refractivity contribution in [1.82, 2.24) is 9.97 Å². The van der Waals surface area contributed by atoms with E-state index < -0.39 is 5.83 Å². The second kappa shape index (κ2) is 9.93. The minimum absolute atomic E-state index is 0.327. The Bertz CT molecular complexity index is 1010. The summed E-state index contributed by atoms with van der Waals surface area (Å²) in [4.78, 5) is 11.6. The second-order valence-electron chi connectivity index (χ2n) is 7.19. The van der Waals surface area contributed by atoms with E-state index in [9.17, 15) is 4.39 Å². The van der Waals surface area contributed by atoms with Crippen LogP contribution in [0.4, 0.5) is 22.0 Å². The number of hydrogen-bond acceptors (Lipinski definition) is 6. The maximum atomic E-state index is 13.1. The van der Waals surface area contributed by atoms with Crippen LogP contribution in [-0.4, -0.2) is 37.2 Å². The lowest BCUT2D eigenvalue weighted by atomic mass is 10.00. The van der Waals surface area contributed by atoms with Gasteiger partial charge in [0.05, 0.1) is 12.7 Å². The highest BCUT2D eigenvalue weighted by Crippen LogP contribution is 2.38. The number of fused-ring (bicyclic) bond motifs is 1. The second-order valence-corrected chi connectivity index (χ2v) is 7.19. The van der Waals surface area contributed by atoms with E-state index in [2.05, 4.69) is 40.3 Å². The number of hydrogen-bond donors (Lipinski definition) is 2. The van der Waals surface area contributed by atoms with E-state index in [1.165, 1.54) is 6.08 Å². The molecule has 0 saturated carbocycles. The van der Waals surface area contributed by atoms with Gasteiger partial charge in [0.2, 0.25) is 5.95 Å². The Morgan fingerprint density at radius 1 is 1.29 bits per heavy atom. The molecule has 6 nitrogen and oxygen atoms in total. The average Bonchev–Trinajstić information content (AvgIpc) is 2.78. The maximum absolute atomic E-state index is 13.1. The van der Waals surface area contributed by atoms with Crippen LogP contribution in [0.25, 0.3) is 5.57 Å². The molecule has 7 heteroatoms. The Hall–Kier alpha value is -3.61. The number of nitrogens with zero attached hydrogens (tertiary/aromatic N) is 3. The fourth-order valence-electron chi connectivity index (χ4n) is 3.43. The van der Waals surface area contributed by atoms with Crippen molar-refractivity contribution >= 4 is 23.2 Å². The lowest BCUT2D eigenvalue weighted by Gasteiger charge is -2.32. The number of methoxy groups -OCH3 is 1. The van der Waals surface area contributed by atoms with Gasteiger partial charge in [0.25, 0.3) is 0 Å². The van der Waals surface area contributed by atoms with Gasteiger partial charge in [-0.2, -0.15) is 9.97 Å². The van der Waals surface area contributed by atoms with Crippen LogP contribution in [0.2, 0.25) is 0 Å². The van der Waals surface area contributed by atoms with E-state index >= 15 is 0 Å². The lowest BCUT2D eigenvalue weighted by Crippen LogP contribution is -2.30. The van der Waals surface area contributed by atoms with Crippen molar-refractivity contribution in [3.63, 3.8) is 0 Å². The third-order valence-electron chi connectivity index (χ3n) is 5.05. The SMILES string of the molecule is C=C/C(=C\C(=C)F)CNc1nc(NC)c2c(n1)N(Cc1ccc(OC)cc1)CCC2=C. The van der Waals surface area contributed by atoms with Gasteiger partial charge in [-0.25, -0.2) is 4.39 Å². The minimum Gasteiger partial charge on any atom is -0.497 e. The molecule has 0 bridgehead atoms. The Kier molecular flexibility index (Phi) is 7.07. The van der Waals surface area contributed by atoms with E-state index in [1.54, 1.807) is 13.2 Å². The Labute approximate surface area is 182 Å². The molecule has 1 aliphatic rings. The quantitative estimate of drug-likeness (QED) is 0.558. The summed E-state index contributed by atoms with van der Waals surface area (Å²) in [6.45, 7) is 13.0. The van der Waals surface area contributed by atoms with Gasteiger partial charge in [0.15, 0.2) is 0 Å². The summed E-state index contributed by atoms with van der Waals surface area (Å²) in [6.07, 6.45) is 3.73. The van der Waals surface area contributed by atoms with Gasteiger partial charge in [0, 0.05) is 26.7 Å². The van der Waals surface area contributed by atoms with Crippen molar-refractivity contribution in [1.29, 1.82) is 0 Å². The number of benzene rings is 1. The highest BCUT2D eigenvalue weighted by molar-refractivity contribution is 5.84. The number of rotatable bonds is 9. The number of nitrogens with one attached hydrogen (secondary N) is 2. The van der Waals surface area contributed by atoms with Crippen LogP contribution in [0.15, 0.2) is 67.6 Å². The molecule has 1 aliphatic heterocycles. The summed E-state index contributed by atoms with van der Waals surface area (Å²) < 4.78 is 18.4. The largest absolute Gasteiger partial charge is 0.497 e. The lowest BCUT2D eigenvalue weighted by molar-refractivity contribution is 0.414. The average molecular weight is 422 g/mol. The normalized spacial score (nSPS) is 13.5. The molecule has 2 aromatic rings. The fraction of sp³-hybridized carbons (Fsp3) is 0.250. The van der Waals surface area contributed by atoms with Gasteiger partial charge >= 0.3 is 0 Å². The van der Waals surface area contributed by atoms with Crippen LogP contribution in [0, 0.1) is 0 Å². The molecule has 0 radical (unpaired) electrons. The predicted octanol–water partition coefficient (Wildman–Crippen LogP) is 4.96. The summed E-state index contributed by atoms with van der Waals surface area (Å²) in [5.41, 5.74) is 3.72. The molecule has 2 N–H and O–H groups in total. The molecule has 0 aliphatic carbocycles. The van der Waals surface area contributed by atoms with Gasteiger partial charge in [0.1, 0.15) is 23.2 Å². The molecule has 0 spiro atoms. The monoisotopic (exact) mass is 421 g/mol. The molecule has 1 aromatic heterocycles. The molecule has 1 aromatic carbocycles. The molecule has 3 rings (SSSR count). The molecule has 0 atom stereocenters. The van der Waals surface area contributed by atoms with Crippen LogP contribution in [-0.2, 0) is 6.54 Å². The summed E-state index contributed by atoms with van der Waals surface area (Å²) in [6, 6.07) is 8.00. The zero-order chi connectivity index (χ0) is 22.4. The van der Waals surface area contributed by atoms with Crippen LogP contribution < -0.4 is 20.3 Å². The summed E-state index contributed by atoms with van der Waals surface area (Å²) in [5.74, 6) is 2.25. The molecule has 162 valence electrons. The van der Waals surface area contributed by atoms with Gasteiger partial charge in [-0.15, -0.1) is 0 Å². The third-order valence-corrected chi connectivity index (χ3v) is 5.05. The third kappa shape index (κ3) is 5.31. The molecule has 31 heavy (non-hydrogen) atoms. The zero-order valence-corrected chi connectivity index (χ0v) is 18.0. The van der Waals surface area contributed by atoms with E-state index in [4.69, 9.17) is 9.72 Å². The molecular weight excluding hydrogens is 393 g/mol. The van der Waals surface area contributed by atoms with Crippen LogP contribution in [0.3, 0.4) is 0 Å². The van der Waals surface area contributed by atoms with Crippen LogP contribution in [0.1, 0.15) is 17.5 Å². The predicted molar refractivity (Wildman–Crippen MR) is 126 cm³/mol. The smallest absolute Gasteiger partial charge is 0.226 e. The van der Waals surface area contributed by atoms with E-state index in [1.807, 2.05) is 31.3 Å². The summed E-state index contributed by atoms with van der Waals surface area (Å²) >= 11 is 0. The van der Waals surface area contributed by atoms with Crippen molar-refractivity contribution in [3.05, 3.63) is 78.7 Å². The van der Waals surface area contributed by atoms with E-state index in [0.717, 1.165) is 41.2 Å². The number of halogens is 1. The molecule has 0 saturated heterocycles. The molecular formula is C24H28FN5O. The zero-order valence-electron chi connectivity index (χ0n) is 18.0. The Balaban J connectivity index is 1.91. The first-order valence-electron chi connectivity index (χ1n) is 10.0. The molecule has 0 amide bonds. The molecule has 2 heterocycles. The summed E-state index contributed by atoms with van der Waals surface area (Å²) in [7, 11) is 3.48.